The molecule has 1 aromatic carbocycles. The molecule has 1 aliphatic heterocycles. The summed E-state index contributed by atoms with van der Waals surface area (Å²) >= 11 is 1.55. The fraction of sp³-hybridized carbons (Fsp3) is 0.440. The number of carbonyl (C=O) groups excluding carboxylic acids is 1. The van der Waals surface area contributed by atoms with Gasteiger partial charge < -0.3 is 14.8 Å². The standard InChI is InChI=1S/C25H27F3N4O3S/c1-14(2)21-12-29-24(36-21)17-9-16(10-19(11-17)35-13-18-5-4-8-34-18)23(33)30-15(3)20-6-7-22(32-31-20)25(26,27)28/h6-7,9-12,14-15,18H,4-5,8,13H2,1-3H3,(H,30,33)/t15?,18-/m0/s1. The van der Waals surface area contributed by atoms with E-state index in [1.54, 1.807) is 30.4 Å². The number of halogens is 3. The lowest BCUT2D eigenvalue weighted by molar-refractivity contribution is -0.141. The van der Waals surface area contributed by atoms with Crippen molar-refractivity contribution in [2.75, 3.05) is 13.2 Å². The molecule has 2 atom stereocenters. The van der Waals surface area contributed by atoms with Crippen molar-refractivity contribution in [3.63, 3.8) is 0 Å². The molecule has 1 aliphatic rings. The number of nitrogens with zero attached hydrogens (tertiary/aromatic N) is 3. The zero-order chi connectivity index (χ0) is 25.9. The Morgan fingerprint density at radius 1 is 1.22 bits per heavy atom. The van der Waals surface area contributed by atoms with Crippen LogP contribution in [0.4, 0.5) is 13.2 Å². The van der Waals surface area contributed by atoms with Gasteiger partial charge in [0.05, 0.1) is 17.8 Å². The molecule has 0 saturated carbocycles. The number of thiazole rings is 1. The molecule has 3 heterocycles. The third kappa shape index (κ3) is 6.38. The molecule has 0 bridgehead atoms. The molecule has 1 amide bonds. The van der Waals surface area contributed by atoms with Gasteiger partial charge in [-0.15, -0.1) is 16.4 Å². The van der Waals surface area contributed by atoms with Crippen LogP contribution in [0.15, 0.2) is 36.5 Å². The third-order valence-corrected chi connectivity index (χ3v) is 7.08. The molecule has 36 heavy (non-hydrogen) atoms. The molecule has 4 rings (SSSR count). The lowest BCUT2D eigenvalue weighted by Crippen LogP contribution is -2.27. The van der Waals surface area contributed by atoms with Crippen LogP contribution in [0.3, 0.4) is 0 Å². The monoisotopic (exact) mass is 520 g/mol. The number of hydrogen-bond donors (Lipinski definition) is 1. The summed E-state index contributed by atoms with van der Waals surface area (Å²) in [6, 6.07) is 6.59. The maximum absolute atomic E-state index is 13.1. The van der Waals surface area contributed by atoms with E-state index >= 15 is 0 Å². The van der Waals surface area contributed by atoms with Crippen LogP contribution < -0.4 is 10.1 Å². The van der Waals surface area contributed by atoms with Crippen molar-refractivity contribution in [1.82, 2.24) is 20.5 Å². The van der Waals surface area contributed by atoms with Crippen molar-refractivity contribution < 1.29 is 27.4 Å². The minimum atomic E-state index is -4.58. The van der Waals surface area contributed by atoms with E-state index in [4.69, 9.17) is 9.47 Å². The summed E-state index contributed by atoms with van der Waals surface area (Å²) < 4.78 is 49.9. The largest absolute Gasteiger partial charge is 0.491 e. The van der Waals surface area contributed by atoms with Crippen LogP contribution in [-0.4, -0.2) is 40.4 Å². The second-order valence-electron chi connectivity index (χ2n) is 8.95. The first kappa shape index (κ1) is 26.0. The fourth-order valence-electron chi connectivity index (χ4n) is 3.67. The highest BCUT2D eigenvalue weighted by atomic mass is 32.1. The molecular weight excluding hydrogens is 493 g/mol. The second kappa shape index (κ2) is 10.9. The second-order valence-corrected chi connectivity index (χ2v) is 10.0. The number of alkyl halides is 3. The van der Waals surface area contributed by atoms with E-state index in [9.17, 15) is 18.0 Å². The van der Waals surface area contributed by atoms with E-state index in [0.29, 0.717) is 30.4 Å². The van der Waals surface area contributed by atoms with Gasteiger partial charge in [0.1, 0.15) is 17.4 Å². The average Bonchev–Trinajstić information content (AvgIpc) is 3.54. The lowest BCUT2D eigenvalue weighted by Gasteiger charge is -2.16. The Balaban J connectivity index is 1.55. The van der Waals surface area contributed by atoms with Crippen LogP contribution in [0.1, 0.15) is 72.2 Å². The Hall–Kier alpha value is -3.05. The van der Waals surface area contributed by atoms with E-state index in [-0.39, 0.29) is 11.8 Å². The summed E-state index contributed by atoms with van der Waals surface area (Å²) in [5.41, 5.74) is 0.199. The van der Waals surface area contributed by atoms with Crippen LogP contribution in [0.5, 0.6) is 5.75 Å². The van der Waals surface area contributed by atoms with Crippen LogP contribution in [0.2, 0.25) is 0 Å². The number of nitrogens with one attached hydrogen (secondary N) is 1. The van der Waals surface area contributed by atoms with Crippen molar-refractivity contribution in [3.8, 4) is 16.3 Å². The summed E-state index contributed by atoms with van der Waals surface area (Å²) in [7, 11) is 0. The average molecular weight is 521 g/mol. The predicted octanol–water partition coefficient (Wildman–Crippen LogP) is 5.79. The van der Waals surface area contributed by atoms with Crippen molar-refractivity contribution in [3.05, 3.63) is 58.4 Å². The van der Waals surface area contributed by atoms with E-state index < -0.39 is 23.8 Å². The summed E-state index contributed by atoms with van der Waals surface area (Å²) in [6.07, 6.45) is -0.831. The summed E-state index contributed by atoms with van der Waals surface area (Å²) in [4.78, 5) is 18.8. The van der Waals surface area contributed by atoms with Crippen LogP contribution >= 0.6 is 11.3 Å². The molecule has 1 N–H and O–H groups in total. The summed E-state index contributed by atoms with van der Waals surface area (Å²) in [6.45, 7) is 6.88. The molecular formula is C25H27F3N4O3S. The summed E-state index contributed by atoms with van der Waals surface area (Å²) in [5.74, 6) is 0.411. The number of rotatable bonds is 8. The van der Waals surface area contributed by atoms with Gasteiger partial charge >= 0.3 is 6.18 Å². The van der Waals surface area contributed by atoms with E-state index in [1.807, 2.05) is 12.3 Å². The van der Waals surface area contributed by atoms with Gasteiger partial charge in [0, 0.05) is 28.8 Å². The highest BCUT2D eigenvalue weighted by Crippen LogP contribution is 2.33. The minimum absolute atomic E-state index is 0.0107. The zero-order valence-corrected chi connectivity index (χ0v) is 20.9. The third-order valence-electron chi connectivity index (χ3n) is 5.74. The maximum Gasteiger partial charge on any atom is 0.435 e. The molecule has 2 aromatic heterocycles. The first-order valence-corrected chi connectivity index (χ1v) is 12.5. The van der Waals surface area contributed by atoms with E-state index in [2.05, 4.69) is 34.3 Å². The van der Waals surface area contributed by atoms with E-state index in [0.717, 1.165) is 34.4 Å². The lowest BCUT2D eigenvalue weighted by atomic mass is 10.1. The Labute approximate surface area is 211 Å². The Bertz CT molecular complexity index is 1190. The van der Waals surface area contributed by atoms with Gasteiger partial charge in [-0.3, -0.25) is 4.79 Å². The van der Waals surface area contributed by atoms with Crippen LogP contribution in [0, 0.1) is 0 Å². The van der Waals surface area contributed by atoms with Gasteiger partial charge in [-0.1, -0.05) is 13.8 Å². The molecule has 192 valence electrons. The van der Waals surface area contributed by atoms with Crippen molar-refractivity contribution in [1.29, 1.82) is 0 Å². The van der Waals surface area contributed by atoms with Gasteiger partial charge in [-0.05, 0) is 56.0 Å². The molecule has 0 aliphatic carbocycles. The van der Waals surface area contributed by atoms with Gasteiger partial charge in [0.2, 0.25) is 0 Å². The molecule has 0 spiro atoms. The number of carbonyl (C=O) groups is 1. The number of amides is 1. The fourth-order valence-corrected chi connectivity index (χ4v) is 4.57. The van der Waals surface area contributed by atoms with Crippen LogP contribution in [-0.2, 0) is 10.9 Å². The first-order valence-electron chi connectivity index (χ1n) is 11.7. The molecule has 7 nitrogen and oxygen atoms in total. The van der Waals surface area contributed by atoms with Crippen molar-refractivity contribution in [2.24, 2.45) is 0 Å². The van der Waals surface area contributed by atoms with Gasteiger partial charge in [-0.25, -0.2) is 4.98 Å². The molecule has 0 radical (unpaired) electrons. The predicted molar refractivity (Wildman–Crippen MR) is 129 cm³/mol. The topological polar surface area (TPSA) is 86.2 Å². The molecule has 11 heteroatoms. The number of ether oxygens (including phenoxy) is 2. The SMILES string of the molecule is CC(C)c1cnc(-c2cc(OC[C@@H]3CCCO3)cc(C(=O)NC(C)c3ccc(C(F)(F)F)nn3)c2)s1. The zero-order valence-electron chi connectivity index (χ0n) is 20.1. The van der Waals surface area contributed by atoms with Gasteiger partial charge in [0.15, 0.2) is 5.69 Å². The van der Waals surface area contributed by atoms with Crippen molar-refractivity contribution >= 4 is 17.2 Å². The van der Waals surface area contributed by atoms with E-state index in [1.165, 1.54) is 6.07 Å². The Morgan fingerprint density at radius 3 is 2.64 bits per heavy atom. The van der Waals surface area contributed by atoms with Crippen molar-refractivity contribution in [2.45, 2.75) is 57.9 Å². The normalized spacial score (nSPS) is 16.8. The number of benzene rings is 1. The Morgan fingerprint density at radius 2 is 2.03 bits per heavy atom. The minimum Gasteiger partial charge on any atom is -0.491 e. The number of hydrogen-bond acceptors (Lipinski definition) is 7. The highest BCUT2D eigenvalue weighted by molar-refractivity contribution is 7.15. The quantitative estimate of drug-likeness (QED) is 0.405. The Kier molecular flexibility index (Phi) is 7.89. The maximum atomic E-state index is 13.1. The van der Waals surface area contributed by atoms with Crippen LogP contribution in [0.25, 0.3) is 10.6 Å². The smallest absolute Gasteiger partial charge is 0.435 e. The first-order chi connectivity index (χ1) is 17.1. The molecule has 1 fully saturated rings. The van der Waals surface area contributed by atoms with Gasteiger partial charge in [0.25, 0.3) is 5.91 Å². The molecule has 1 unspecified atom stereocenters. The number of aromatic nitrogens is 3. The molecule has 3 aromatic rings. The summed E-state index contributed by atoms with van der Waals surface area (Å²) in [5, 5.41) is 10.4. The molecule has 1 saturated heterocycles. The van der Waals surface area contributed by atoms with Gasteiger partial charge in [-0.2, -0.15) is 18.3 Å². The highest BCUT2D eigenvalue weighted by Gasteiger charge is 2.33.